The number of allylic oxidation sites excluding steroid dienone is 1. The molecule has 1 N–H and O–H groups in total. The molecule has 0 bridgehead atoms. The third kappa shape index (κ3) is 4.17. The maximum Gasteiger partial charge on any atom is 0.338 e. The molecule has 0 saturated heterocycles. The number of rotatable bonds is 6. The van der Waals surface area contributed by atoms with Gasteiger partial charge in [-0.05, 0) is 48.2 Å². The Morgan fingerprint density at radius 3 is 2.50 bits per heavy atom. The number of nitrogens with zero attached hydrogens (tertiary/aromatic N) is 1. The van der Waals surface area contributed by atoms with Crippen LogP contribution in [-0.4, -0.2) is 26.8 Å². The van der Waals surface area contributed by atoms with Crippen molar-refractivity contribution in [3.63, 3.8) is 0 Å². The van der Waals surface area contributed by atoms with Crippen LogP contribution in [0.15, 0.2) is 77.1 Å². The van der Waals surface area contributed by atoms with E-state index in [1.54, 1.807) is 42.6 Å². The minimum atomic E-state index is -4.08. The Balaban J connectivity index is 1.64. The molecule has 1 aliphatic heterocycles. The zero-order chi connectivity index (χ0) is 22.7. The van der Waals surface area contributed by atoms with Crippen molar-refractivity contribution in [1.29, 1.82) is 0 Å². The number of carbonyl (C=O) groups is 2. The number of benzene rings is 2. The van der Waals surface area contributed by atoms with Gasteiger partial charge in [0.05, 0.1) is 24.4 Å². The standard InChI is InChI=1S/C23H20N2O5S2/c1-2-30-23(27)17-8-10-18(11-9-17)24-14-20-21(26)22-19(12-13-31-22)25(32(20,28)29)15-16-6-4-3-5-7-16/h3-14,24H,2,15H2,1H3/b20-14-. The molecule has 0 unspecified atom stereocenters. The maximum absolute atomic E-state index is 13.4. The van der Waals surface area contributed by atoms with Crippen molar-refractivity contribution in [1.82, 2.24) is 0 Å². The fraction of sp³-hybridized carbons (Fsp3) is 0.130. The zero-order valence-electron chi connectivity index (χ0n) is 17.1. The van der Waals surface area contributed by atoms with Crippen molar-refractivity contribution in [2.45, 2.75) is 13.5 Å². The summed E-state index contributed by atoms with van der Waals surface area (Å²) in [5.74, 6) is -0.987. The molecule has 1 aromatic heterocycles. The van der Waals surface area contributed by atoms with Gasteiger partial charge in [-0.25, -0.2) is 13.2 Å². The lowest BCUT2D eigenvalue weighted by Crippen LogP contribution is -2.38. The number of ketones is 1. The van der Waals surface area contributed by atoms with E-state index in [2.05, 4.69) is 5.32 Å². The number of sulfonamides is 1. The molecule has 0 amide bonds. The lowest BCUT2D eigenvalue weighted by atomic mass is 10.2. The molecule has 9 heteroatoms. The molecule has 3 aromatic rings. The van der Waals surface area contributed by atoms with Crippen LogP contribution >= 0.6 is 11.3 Å². The van der Waals surface area contributed by atoms with Gasteiger partial charge in [0.25, 0.3) is 10.0 Å². The van der Waals surface area contributed by atoms with E-state index in [0.29, 0.717) is 21.8 Å². The van der Waals surface area contributed by atoms with Crippen LogP contribution in [0.4, 0.5) is 11.4 Å². The van der Waals surface area contributed by atoms with Crippen molar-refractivity contribution >= 4 is 44.5 Å². The molecule has 0 fully saturated rings. The molecule has 0 aliphatic carbocycles. The Hall–Kier alpha value is -3.43. The van der Waals surface area contributed by atoms with Crippen molar-refractivity contribution in [3.05, 3.63) is 93.2 Å². The van der Waals surface area contributed by atoms with Gasteiger partial charge in [0.15, 0.2) is 4.91 Å². The monoisotopic (exact) mass is 468 g/mol. The van der Waals surface area contributed by atoms with E-state index in [-0.39, 0.29) is 18.1 Å². The summed E-state index contributed by atoms with van der Waals surface area (Å²) in [5.41, 5.74) is 2.10. The molecule has 0 atom stereocenters. The first-order chi connectivity index (χ1) is 15.4. The third-order valence-electron chi connectivity index (χ3n) is 4.85. The highest BCUT2D eigenvalue weighted by molar-refractivity contribution is 7.97. The number of carbonyl (C=O) groups excluding carboxylic acids is 2. The first-order valence-corrected chi connectivity index (χ1v) is 12.2. The summed E-state index contributed by atoms with van der Waals surface area (Å²) in [6.45, 7) is 2.11. The highest BCUT2D eigenvalue weighted by atomic mass is 32.2. The Morgan fingerprint density at radius 2 is 1.81 bits per heavy atom. The molecule has 2 aromatic carbocycles. The summed E-state index contributed by atoms with van der Waals surface area (Å²) in [4.78, 5) is 24.8. The van der Waals surface area contributed by atoms with E-state index >= 15 is 0 Å². The van der Waals surface area contributed by atoms with E-state index < -0.39 is 21.8 Å². The van der Waals surface area contributed by atoms with E-state index in [9.17, 15) is 18.0 Å². The average Bonchev–Trinajstić information content (AvgIpc) is 3.27. The largest absolute Gasteiger partial charge is 0.462 e. The predicted molar refractivity (Wildman–Crippen MR) is 124 cm³/mol. The van der Waals surface area contributed by atoms with Crippen LogP contribution in [0, 0.1) is 0 Å². The van der Waals surface area contributed by atoms with Crippen LogP contribution in [0.3, 0.4) is 0 Å². The summed E-state index contributed by atoms with van der Waals surface area (Å²) < 4.78 is 32.9. The molecule has 2 heterocycles. The molecule has 0 spiro atoms. The number of ether oxygens (including phenoxy) is 1. The van der Waals surface area contributed by atoms with Gasteiger partial charge in [-0.15, -0.1) is 11.3 Å². The fourth-order valence-corrected chi connectivity index (χ4v) is 5.75. The minimum Gasteiger partial charge on any atom is -0.462 e. The van der Waals surface area contributed by atoms with Crippen molar-refractivity contribution in [2.24, 2.45) is 0 Å². The van der Waals surface area contributed by atoms with Gasteiger partial charge >= 0.3 is 5.97 Å². The molecule has 0 radical (unpaired) electrons. The summed E-state index contributed by atoms with van der Waals surface area (Å²) >= 11 is 1.21. The quantitative estimate of drug-likeness (QED) is 0.426. The van der Waals surface area contributed by atoms with Crippen LogP contribution in [0.1, 0.15) is 32.5 Å². The Kier molecular flexibility index (Phi) is 6.11. The molecule has 4 rings (SSSR count). The highest BCUT2D eigenvalue weighted by Gasteiger charge is 2.41. The summed E-state index contributed by atoms with van der Waals surface area (Å²) in [6, 6.07) is 17.2. The second-order valence-electron chi connectivity index (χ2n) is 6.91. The van der Waals surface area contributed by atoms with Crippen LogP contribution in [-0.2, 0) is 21.3 Å². The maximum atomic E-state index is 13.4. The lowest BCUT2D eigenvalue weighted by Gasteiger charge is -2.29. The Bertz CT molecular complexity index is 1280. The molecule has 32 heavy (non-hydrogen) atoms. The van der Waals surface area contributed by atoms with E-state index in [4.69, 9.17) is 4.74 Å². The third-order valence-corrected chi connectivity index (χ3v) is 7.51. The molecule has 0 saturated carbocycles. The number of Topliss-reactive ketones (excluding diaryl/α,β-unsaturated/α-hetero) is 1. The Labute approximate surface area is 190 Å². The highest BCUT2D eigenvalue weighted by Crippen LogP contribution is 2.39. The minimum absolute atomic E-state index is 0.117. The summed E-state index contributed by atoms with van der Waals surface area (Å²) in [7, 11) is -4.08. The number of fused-ring (bicyclic) bond motifs is 1. The van der Waals surface area contributed by atoms with Crippen LogP contribution < -0.4 is 9.62 Å². The van der Waals surface area contributed by atoms with Gasteiger partial charge in [0.2, 0.25) is 5.78 Å². The zero-order valence-corrected chi connectivity index (χ0v) is 18.8. The van der Waals surface area contributed by atoms with E-state index in [0.717, 1.165) is 5.56 Å². The molecule has 7 nitrogen and oxygen atoms in total. The Morgan fingerprint density at radius 1 is 1.09 bits per heavy atom. The van der Waals surface area contributed by atoms with Crippen molar-refractivity contribution in [2.75, 3.05) is 16.2 Å². The summed E-state index contributed by atoms with van der Waals surface area (Å²) in [6.07, 6.45) is 1.21. The molecular formula is C23H20N2O5S2. The van der Waals surface area contributed by atoms with E-state index in [1.807, 2.05) is 30.3 Å². The second kappa shape index (κ2) is 8.97. The van der Waals surface area contributed by atoms with Crippen LogP contribution in [0.5, 0.6) is 0 Å². The number of esters is 1. The van der Waals surface area contributed by atoms with Gasteiger partial charge in [0, 0.05) is 11.9 Å². The average molecular weight is 469 g/mol. The van der Waals surface area contributed by atoms with Crippen LogP contribution in [0.2, 0.25) is 0 Å². The smallest absolute Gasteiger partial charge is 0.338 e. The SMILES string of the molecule is CCOC(=O)c1ccc(N/C=C2/C(=O)c3sccc3N(Cc3ccccc3)S2(=O)=O)cc1. The van der Waals surface area contributed by atoms with Crippen LogP contribution in [0.25, 0.3) is 0 Å². The van der Waals surface area contributed by atoms with Gasteiger partial charge in [-0.3, -0.25) is 9.10 Å². The fourth-order valence-electron chi connectivity index (χ4n) is 3.27. The predicted octanol–water partition coefficient (Wildman–Crippen LogP) is 4.41. The topological polar surface area (TPSA) is 92.8 Å². The van der Waals surface area contributed by atoms with Gasteiger partial charge in [0.1, 0.15) is 4.88 Å². The van der Waals surface area contributed by atoms with E-state index in [1.165, 1.54) is 21.8 Å². The normalized spacial score (nSPS) is 16.0. The number of hydrogen-bond acceptors (Lipinski definition) is 7. The first kappa shape index (κ1) is 21.8. The molecular weight excluding hydrogens is 448 g/mol. The number of hydrogen-bond donors (Lipinski definition) is 1. The van der Waals surface area contributed by atoms with Crippen molar-refractivity contribution < 1.29 is 22.7 Å². The van der Waals surface area contributed by atoms with Crippen molar-refractivity contribution in [3.8, 4) is 0 Å². The number of anilines is 2. The second-order valence-corrected chi connectivity index (χ2v) is 9.66. The molecule has 164 valence electrons. The molecule has 1 aliphatic rings. The van der Waals surface area contributed by atoms with Gasteiger partial charge in [-0.1, -0.05) is 30.3 Å². The number of thiophene rings is 1. The first-order valence-electron chi connectivity index (χ1n) is 9.84. The summed E-state index contributed by atoms with van der Waals surface area (Å²) in [5, 5.41) is 4.58. The van der Waals surface area contributed by atoms with Gasteiger partial charge in [-0.2, -0.15) is 0 Å². The number of nitrogens with one attached hydrogen (secondary N) is 1. The van der Waals surface area contributed by atoms with Gasteiger partial charge < -0.3 is 10.1 Å². The lowest BCUT2D eigenvalue weighted by molar-refractivity contribution is 0.0526.